The molecule has 1 nitrogen and oxygen atoms in total. The molecule has 0 spiro atoms. The quantitative estimate of drug-likeness (QED) is 0.133. The average Bonchev–Trinajstić information content (AvgIpc) is 3.69. The molecule has 0 aliphatic rings. The van der Waals surface area contributed by atoms with Gasteiger partial charge in [0.1, 0.15) is 11.2 Å². The number of furan rings is 1. The zero-order chi connectivity index (χ0) is 43.6. The highest BCUT2D eigenvalue weighted by Gasteiger charge is 2.21. The molecule has 0 amide bonds. The van der Waals surface area contributed by atoms with Gasteiger partial charge in [-0.1, -0.05) is 170 Å². The second-order valence-corrected chi connectivity index (χ2v) is 13.2. The molecule has 0 radical (unpaired) electrons. The Morgan fingerprint density at radius 2 is 0.925 bits per heavy atom. The summed E-state index contributed by atoms with van der Waals surface area (Å²) in [6, 6.07) is 40.4. The monoisotopic (exact) mass is 682 g/mol. The second kappa shape index (κ2) is 11.8. The molecule has 11 rings (SSSR count). The van der Waals surface area contributed by atoms with Crippen LogP contribution in [0.25, 0.3) is 110 Å². The van der Waals surface area contributed by atoms with E-state index < -0.39 is 24.2 Å². The van der Waals surface area contributed by atoms with Crippen molar-refractivity contribution < 1.29 is 18.1 Å². The van der Waals surface area contributed by atoms with Crippen molar-refractivity contribution in [3.8, 4) is 44.5 Å². The number of hydrogen-bond acceptors (Lipinski definition) is 1. The Bertz CT molecular complexity index is 3700. The molecule has 0 N–H and O–H groups in total. The molecule has 0 saturated heterocycles. The van der Waals surface area contributed by atoms with E-state index in [-0.39, 0.29) is 47.4 Å². The van der Waals surface area contributed by atoms with Crippen molar-refractivity contribution in [2.45, 2.75) is 0 Å². The van der Waals surface area contributed by atoms with Gasteiger partial charge in [-0.2, -0.15) is 0 Å². The van der Waals surface area contributed by atoms with Gasteiger partial charge in [0.25, 0.3) is 0 Å². The third-order valence-electron chi connectivity index (χ3n) is 10.4. The van der Waals surface area contributed by atoms with Crippen LogP contribution in [0.5, 0.6) is 0 Å². The molecule has 0 aliphatic carbocycles. The van der Waals surface area contributed by atoms with E-state index in [1.807, 2.05) is 84.9 Å². The minimum atomic E-state index is -0.443. The summed E-state index contributed by atoms with van der Waals surface area (Å²) in [6.07, 6.45) is 0. The van der Waals surface area contributed by atoms with E-state index in [0.717, 1.165) is 76.1 Å². The van der Waals surface area contributed by atoms with E-state index in [4.69, 9.17) is 18.1 Å². The summed E-state index contributed by atoms with van der Waals surface area (Å²) >= 11 is 0. The fourth-order valence-corrected chi connectivity index (χ4v) is 8.13. The van der Waals surface area contributed by atoms with Crippen molar-refractivity contribution in [3.63, 3.8) is 0 Å². The molecule has 10 aromatic carbocycles. The highest BCUT2D eigenvalue weighted by Crippen LogP contribution is 2.47. The Kier molecular flexibility index (Phi) is 4.77. The van der Waals surface area contributed by atoms with Gasteiger partial charge in [0.05, 0.1) is 13.7 Å². The van der Waals surface area contributed by atoms with Crippen molar-refractivity contribution in [1.29, 1.82) is 0 Å². The standard InChI is InChI=1S/C52H32O/c1-3-14-33(15-4-1)36-27-29-49-48(30-36)45-25-13-24-44(52(45)53-49)47-32-37(31-46-38-19-8-7-16-34(38)26-28-39(46)47)51-42-22-11-9-20-40(42)50(35-17-5-2-6-18-35)41-21-10-12-23-43(41)51/h1-32H/i1D,2D,3D,4D,5D,6D,14D,15D,17D,18D. The smallest absolute Gasteiger partial charge is 0.143 e. The third-order valence-corrected chi connectivity index (χ3v) is 10.4. The van der Waals surface area contributed by atoms with E-state index in [1.165, 1.54) is 0 Å². The van der Waals surface area contributed by atoms with Crippen LogP contribution in [0.1, 0.15) is 13.7 Å². The van der Waals surface area contributed by atoms with Crippen LogP contribution in [0, 0.1) is 0 Å². The predicted molar refractivity (Wildman–Crippen MR) is 225 cm³/mol. The molecule has 11 aromatic rings. The molecule has 0 fully saturated rings. The van der Waals surface area contributed by atoms with Gasteiger partial charge < -0.3 is 4.42 Å². The molecule has 1 heteroatoms. The molecular formula is C52H32O. The first kappa shape index (κ1) is 21.4. The lowest BCUT2D eigenvalue weighted by Gasteiger charge is -2.19. The first-order chi connectivity index (χ1) is 30.4. The van der Waals surface area contributed by atoms with Crippen LogP contribution < -0.4 is 0 Å². The number of benzene rings is 10. The van der Waals surface area contributed by atoms with Crippen molar-refractivity contribution in [3.05, 3.63) is 194 Å². The SMILES string of the molecule is [2H]c1c([2H])c([2H])c(-c2ccc3oc4c(-c5cc(-c6c7ccccc7c(-c7c([2H])c([2H])c([2H])c([2H])c7[2H])c7ccccc67)cc6c5ccc5ccccc56)cccc4c3c2)c([2H])c1[2H]. The molecule has 0 aliphatic heterocycles. The van der Waals surface area contributed by atoms with Crippen LogP contribution in [0.15, 0.2) is 198 Å². The maximum atomic E-state index is 9.02. The van der Waals surface area contributed by atoms with Gasteiger partial charge in [0, 0.05) is 16.3 Å². The Labute approximate surface area is 321 Å². The van der Waals surface area contributed by atoms with Crippen LogP contribution in [-0.2, 0) is 0 Å². The normalized spacial score (nSPS) is 14.4. The van der Waals surface area contributed by atoms with Gasteiger partial charge in [-0.15, -0.1) is 0 Å². The number of hydrogen-bond donors (Lipinski definition) is 0. The fourth-order valence-electron chi connectivity index (χ4n) is 8.13. The third kappa shape index (κ3) is 4.64. The van der Waals surface area contributed by atoms with Crippen molar-refractivity contribution in [2.24, 2.45) is 0 Å². The summed E-state index contributed by atoms with van der Waals surface area (Å²) in [7, 11) is 0. The molecule has 53 heavy (non-hydrogen) atoms. The summed E-state index contributed by atoms with van der Waals surface area (Å²) in [4.78, 5) is 0. The zero-order valence-electron chi connectivity index (χ0n) is 38.1. The fraction of sp³-hybridized carbons (Fsp3) is 0. The van der Waals surface area contributed by atoms with Crippen LogP contribution in [0.3, 0.4) is 0 Å². The van der Waals surface area contributed by atoms with E-state index in [1.54, 1.807) is 12.1 Å². The van der Waals surface area contributed by atoms with Crippen molar-refractivity contribution in [2.75, 3.05) is 0 Å². The minimum absolute atomic E-state index is 0.121. The van der Waals surface area contributed by atoms with Gasteiger partial charge in [-0.05, 0) is 106 Å². The van der Waals surface area contributed by atoms with Crippen molar-refractivity contribution >= 4 is 65.0 Å². The highest BCUT2D eigenvalue weighted by molar-refractivity contribution is 6.24. The highest BCUT2D eigenvalue weighted by atomic mass is 16.3. The first-order valence-corrected chi connectivity index (χ1v) is 17.4. The second-order valence-electron chi connectivity index (χ2n) is 13.2. The first-order valence-electron chi connectivity index (χ1n) is 22.4. The van der Waals surface area contributed by atoms with Gasteiger partial charge in [-0.25, -0.2) is 0 Å². The van der Waals surface area contributed by atoms with Crippen LogP contribution >= 0.6 is 0 Å². The molecule has 1 heterocycles. The predicted octanol–water partition coefficient (Wildman–Crippen LogP) is 14.9. The summed E-state index contributed by atoms with van der Waals surface area (Å²) < 4.78 is 92.1. The summed E-state index contributed by atoms with van der Waals surface area (Å²) in [5.74, 6) is 0. The van der Waals surface area contributed by atoms with E-state index >= 15 is 0 Å². The van der Waals surface area contributed by atoms with Gasteiger partial charge >= 0.3 is 0 Å². The Morgan fingerprint density at radius 3 is 1.62 bits per heavy atom. The molecule has 0 saturated carbocycles. The summed E-state index contributed by atoms with van der Waals surface area (Å²) in [5, 5.41) is 8.88. The molecular weight excluding hydrogens is 641 g/mol. The lowest BCUT2D eigenvalue weighted by molar-refractivity contribution is 0.670. The maximum absolute atomic E-state index is 9.02. The van der Waals surface area contributed by atoms with Crippen molar-refractivity contribution in [1.82, 2.24) is 0 Å². The number of rotatable bonds is 4. The molecule has 0 atom stereocenters. The average molecular weight is 683 g/mol. The van der Waals surface area contributed by atoms with E-state index in [2.05, 4.69) is 36.4 Å². The van der Waals surface area contributed by atoms with Gasteiger partial charge in [-0.3, -0.25) is 0 Å². The molecule has 0 bridgehead atoms. The van der Waals surface area contributed by atoms with E-state index in [9.17, 15) is 0 Å². The molecule has 246 valence electrons. The minimum Gasteiger partial charge on any atom is -0.455 e. The Hall–Kier alpha value is -6.96. The summed E-state index contributed by atoms with van der Waals surface area (Å²) in [5.41, 5.74) is 6.11. The number of fused-ring (bicyclic) bond motifs is 8. The van der Waals surface area contributed by atoms with Crippen LogP contribution in [-0.4, -0.2) is 0 Å². The van der Waals surface area contributed by atoms with Gasteiger partial charge in [0.15, 0.2) is 0 Å². The van der Waals surface area contributed by atoms with Crippen LogP contribution in [0.4, 0.5) is 0 Å². The molecule has 0 unspecified atom stereocenters. The lowest BCUT2D eigenvalue weighted by atomic mass is 9.84. The number of para-hydroxylation sites is 1. The van der Waals surface area contributed by atoms with Crippen LogP contribution in [0.2, 0.25) is 0 Å². The maximum Gasteiger partial charge on any atom is 0.143 e. The lowest BCUT2D eigenvalue weighted by Crippen LogP contribution is -1.92. The topological polar surface area (TPSA) is 13.1 Å². The van der Waals surface area contributed by atoms with Gasteiger partial charge in [0.2, 0.25) is 0 Å². The van der Waals surface area contributed by atoms with E-state index in [0.29, 0.717) is 22.3 Å². The Balaban J connectivity index is 1.22. The molecule has 1 aromatic heterocycles. The summed E-state index contributed by atoms with van der Waals surface area (Å²) in [6.45, 7) is 0. The zero-order valence-corrected chi connectivity index (χ0v) is 28.1. The largest absolute Gasteiger partial charge is 0.455 e. The Morgan fingerprint density at radius 1 is 0.340 bits per heavy atom.